The first kappa shape index (κ1) is 24.8. The van der Waals surface area contributed by atoms with Crippen LogP contribution in [-0.4, -0.2) is 39.6 Å². The highest BCUT2D eigenvalue weighted by atomic mass is 16.5. The molecule has 10 nitrogen and oxygen atoms in total. The molecular weight excluding hydrogens is 502 g/mol. The SMILES string of the molecule is COc1cc(-c2c3oc4cc(=O)ccc4c3[nH]c3c2c(=O)[nH]n3C2CCCCCCC2)ccc1OCC(=O)O. The number of H-pyrrole nitrogens is 2. The number of hydrogen-bond donors (Lipinski definition) is 3. The van der Waals surface area contributed by atoms with E-state index in [2.05, 4.69) is 10.1 Å². The fourth-order valence-corrected chi connectivity index (χ4v) is 5.74. The minimum atomic E-state index is -1.11. The number of methoxy groups -OCH3 is 1. The third-order valence-corrected chi connectivity index (χ3v) is 7.55. The van der Waals surface area contributed by atoms with Gasteiger partial charge >= 0.3 is 5.97 Å². The third kappa shape index (κ3) is 4.45. The number of rotatable bonds is 6. The molecule has 6 rings (SSSR count). The Kier molecular flexibility index (Phi) is 6.38. The largest absolute Gasteiger partial charge is 0.493 e. The molecule has 10 heteroatoms. The Bertz CT molecular complexity index is 1820. The van der Waals surface area contributed by atoms with E-state index in [0.29, 0.717) is 44.6 Å². The van der Waals surface area contributed by atoms with Crippen LogP contribution in [0.1, 0.15) is 51.0 Å². The molecule has 1 aliphatic rings. The first-order chi connectivity index (χ1) is 18.9. The van der Waals surface area contributed by atoms with Gasteiger partial charge in [0.2, 0.25) is 0 Å². The summed E-state index contributed by atoms with van der Waals surface area (Å²) in [5.74, 6) is -0.526. The monoisotopic (exact) mass is 531 g/mol. The number of aliphatic carboxylic acids is 1. The maximum absolute atomic E-state index is 13.6. The van der Waals surface area contributed by atoms with Gasteiger partial charge in [-0.2, -0.15) is 0 Å². The molecule has 0 spiro atoms. The van der Waals surface area contributed by atoms with Gasteiger partial charge in [-0.25, -0.2) is 4.79 Å². The molecule has 0 aliphatic heterocycles. The van der Waals surface area contributed by atoms with E-state index >= 15 is 0 Å². The van der Waals surface area contributed by atoms with Gasteiger partial charge in [0.25, 0.3) is 5.56 Å². The van der Waals surface area contributed by atoms with Crippen molar-refractivity contribution in [3.8, 4) is 22.6 Å². The van der Waals surface area contributed by atoms with Gasteiger partial charge in [0.05, 0.1) is 24.1 Å². The number of benzene rings is 2. The molecule has 202 valence electrons. The zero-order valence-electron chi connectivity index (χ0n) is 21.5. The number of nitrogens with one attached hydrogen (secondary N) is 2. The van der Waals surface area contributed by atoms with Gasteiger partial charge in [0.15, 0.2) is 29.1 Å². The van der Waals surface area contributed by atoms with E-state index in [1.807, 2.05) is 4.68 Å². The van der Waals surface area contributed by atoms with Crippen molar-refractivity contribution in [1.82, 2.24) is 14.8 Å². The van der Waals surface area contributed by atoms with E-state index in [1.54, 1.807) is 24.3 Å². The van der Waals surface area contributed by atoms with Crippen LogP contribution in [0.2, 0.25) is 0 Å². The Labute approximate surface area is 222 Å². The molecule has 0 bridgehead atoms. The molecule has 1 saturated carbocycles. The standard InChI is InChI=1S/C29H29N3O7/c1-37-22-13-16(9-12-20(22)38-15-23(34)35)24-25-28(30-26-19-11-10-18(33)14-21(19)39-27(24)26)32(31-29(25)36)17-7-5-3-2-4-6-8-17/h9-14,17,30H,2-8,15H2,1H3,(H,31,36)(H,34,35). The number of aromatic nitrogens is 3. The normalized spacial score (nSPS) is 15.0. The smallest absolute Gasteiger partial charge is 0.341 e. The van der Waals surface area contributed by atoms with Crippen molar-refractivity contribution in [2.75, 3.05) is 13.7 Å². The Morgan fingerprint density at radius 1 is 1.05 bits per heavy atom. The van der Waals surface area contributed by atoms with E-state index in [0.717, 1.165) is 31.1 Å². The molecule has 5 aromatic rings. The summed E-state index contributed by atoms with van der Waals surface area (Å²) in [6.07, 6.45) is 7.72. The second kappa shape index (κ2) is 10.0. The predicted octanol–water partition coefficient (Wildman–Crippen LogP) is 5.34. The van der Waals surface area contributed by atoms with Crippen LogP contribution >= 0.6 is 0 Å². The van der Waals surface area contributed by atoms with E-state index < -0.39 is 12.6 Å². The number of fused-ring (bicyclic) bond motifs is 4. The Hall–Kier alpha value is -4.47. The van der Waals surface area contributed by atoms with E-state index in [-0.39, 0.29) is 22.8 Å². The van der Waals surface area contributed by atoms with Crippen LogP contribution in [0.25, 0.3) is 44.2 Å². The molecule has 2 aromatic carbocycles. The molecule has 0 saturated heterocycles. The molecule has 1 fully saturated rings. The minimum Gasteiger partial charge on any atom is -0.493 e. The summed E-state index contributed by atoms with van der Waals surface area (Å²) in [4.78, 5) is 40.2. The molecule has 3 aromatic heterocycles. The maximum atomic E-state index is 13.6. The number of furan rings is 1. The van der Waals surface area contributed by atoms with Crippen molar-refractivity contribution in [1.29, 1.82) is 0 Å². The van der Waals surface area contributed by atoms with Gasteiger partial charge in [-0.1, -0.05) is 38.2 Å². The second-order valence-corrected chi connectivity index (χ2v) is 10.0. The lowest BCUT2D eigenvalue weighted by Gasteiger charge is -2.21. The summed E-state index contributed by atoms with van der Waals surface area (Å²) in [5, 5.41) is 13.3. The summed E-state index contributed by atoms with van der Waals surface area (Å²) in [7, 11) is 1.46. The van der Waals surface area contributed by atoms with Crippen molar-refractivity contribution >= 4 is 39.1 Å². The highest BCUT2D eigenvalue weighted by molar-refractivity contribution is 6.14. The maximum Gasteiger partial charge on any atom is 0.341 e. The summed E-state index contributed by atoms with van der Waals surface area (Å²) in [6, 6.07) is 9.86. The first-order valence-electron chi connectivity index (χ1n) is 13.2. The summed E-state index contributed by atoms with van der Waals surface area (Å²) < 4.78 is 19.1. The number of pyridine rings is 1. The van der Waals surface area contributed by atoms with Gasteiger partial charge < -0.3 is 24.0 Å². The molecular formula is C29H29N3O7. The lowest BCUT2D eigenvalue weighted by atomic mass is 9.96. The van der Waals surface area contributed by atoms with Crippen LogP contribution in [0.5, 0.6) is 11.5 Å². The Balaban J connectivity index is 1.63. The number of ether oxygens (including phenoxy) is 2. The molecule has 1 aliphatic carbocycles. The number of hydrogen-bond acceptors (Lipinski definition) is 6. The lowest BCUT2D eigenvalue weighted by molar-refractivity contribution is -0.139. The Morgan fingerprint density at radius 2 is 1.82 bits per heavy atom. The van der Waals surface area contributed by atoms with Crippen molar-refractivity contribution in [3.05, 3.63) is 57.0 Å². The quantitative estimate of drug-likeness (QED) is 0.269. The summed E-state index contributed by atoms with van der Waals surface area (Å²) in [5.41, 5.74) is 2.94. The Morgan fingerprint density at radius 3 is 2.56 bits per heavy atom. The fourth-order valence-electron chi connectivity index (χ4n) is 5.74. The van der Waals surface area contributed by atoms with Crippen LogP contribution in [0.4, 0.5) is 0 Å². The fraction of sp³-hybridized carbons (Fsp3) is 0.345. The number of carboxylic acids is 1. The van der Waals surface area contributed by atoms with E-state index in [9.17, 15) is 14.4 Å². The number of aromatic amines is 2. The van der Waals surface area contributed by atoms with Crippen molar-refractivity contribution in [3.63, 3.8) is 0 Å². The minimum absolute atomic E-state index is 0.143. The van der Waals surface area contributed by atoms with Gasteiger partial charge in [0, 0.05) is 17.0 Å². The van der Waals surface area contributed by atoms with E-state index in [1.165, 1.54) is 38.5 Å². The number of carboxylic acid groups (broad SMARTS) is 1. The molecule has 0 unspecified atom stereocenters. The second-order valence-electron chi connectivity index (χ2n) is 10.0. The average molecular weight is 532 g/mol. The van der Waals surface area contributed by atoms with Gasteiger partial charge in [0.1, 0.15) is 11.2 Å². The average Bonchev–Trinajstić information content (AvgIpc) is 3.42. The molecule has 0 atom stereocenters. The molecule has 0 radical (unpaired) electrons. The number of nitrogens with zero attached hydrogens (tertiary/aromatic N) is 1. The van der Waals surface area contributed by atoms with Crippen LogP contribution < -0.4 is 20.5 Å². The van der Waals surface area contributed by atoms with Gasteiger partial charge in [-0.3, -0.25) is 19.4 Å². The number of carbonyl (C=O) groups is 1. The molecule has 0 amide bonds. The highest BCUT2D eigenvalue weighted by Crippen LogP contribution is 2.41. The predicted molar refractivity (Wildman–Crippen MR) is 147 cm³/mol. The van der Waals surface area contributed by atoms with Crippen molar-refractivity contribution in [2.24, 2.45) is 0 Å². The zero-order chi connectivity index (χ0) is 27.1. The highest BCUT2D eigenvalue weighted by Gasteiger charge is 2.25. The summed E-state index contributed by atoms with van der Waals surface area (Å²) in [6.45, 7) is -0.518. The third-order valence-electron chi connectivity index (χ3n) is 7.55. The van der Waals surface area contributed by atoms with Crippen LogP contribution in [-0.2, 0) is 4.79 Å². The lowest BCUT2D eigenvalue weighted by Crippen LogP contribution is -2.15. The van der Waals surface area contributed by atoms with E-state index in [4.69, 9.17) is 19.0 Å². The van der Waals surface area contributed by atoms with Crippen molar-refractivity contribution < 1.29 is 23.8 Å². The molecule has 3 heterocycles. The van der Waals surface area contributed by atoms with Gasteiger partial charge in [-0.05, 0) is 42.7 Å². The van der Waals surface area contributed by atoms with Crippen LogP contribution in [0.15, 0.2) is 50.4 Å². The van der Waals surface area contributed by atoms with Crippen LogP contribution in [0.3, 0.4) is 0 Å². The molecule has 39 heavy (non-hydrogen) atoms. The van der Waals surface area contributed by atoms with Crippen molar-refractivity contribution in [2.45, 2.75) is 51.0 Å². The molecule has 3 N–H and O–H groups in total. The topological polar surface area (TPSA) is 140 Å². The van der Waals surface area contributed by atoms with Gasteiger partial charge in [-0.15, -0.1) is 0 Å². The zero-order valence-corrected chi connectivity index (χ0v) is 21.5. The summed E-state index contributed by atoms with van der Waals surface area (Å²) >= 11 is 0. The first-order valence-corrected chi connectivity index (χ1v) is 13.2. The van der Waals surface area contributed by atoms with Crippen LogP contribution in [0, 0.1) is 0 Å².